The van der Waals surface area contributed by atoms with Crippen LogP contribution in [0.3, 0.4) is 0 Å². The van der Waals surface area contributed by atoms with Crippen LogP contribution >= 0.6 is 16.6 Å². The molecule has 6 rings (SSSR count). The van der Waals surface area contributed by atoms with Gasteiger partial charge in [-0.2, -0.15) is 10.5 Å². The second-order valence-electron chi connectivity index (χ2n) is 20.0. The minimum Gasteiger partial charge on any atom is -0.481 e. The number of fused-ring (bicyclic) bond motifs is 1. The molecule has 0 radical (unpaired) electrons. The Balaban J connectivity index is 0.000000301. The zero-order valence-electron chi connectivity index (χ0n) is 46.3. The zero-order chi connectivity index (χ0) is 56.5. The van der Waals surface area contributed by atoms with Gasteiger partial charge in [0.25, 0.3) is 11.5 Å². The number of amides is 1. The molecule has 4 aromatic rings. The summed E-state index contributed by atoms with van der Waals surface area (Å²) in [7, 11) is -2.28. The highest BCUT2D eigenvalue weighted by Gasteiger charge is 2.47. The van der Waals surface area contributed by atoms with Crippen LogP contribution in [0.15, 0.2) is 52.7 Å². The molecule has 0 saturated carbocycles. The third-order valence-electron chi connectivity index (χ3n) is 13.1. The average Bonchev–Trinajstić information content (AvgIpc) is 4.18. The number of carbonyl (C=O) groups excluding carboxylic acids is 1. The van der Waals surface area contributed by atoms with Gasteiger partial charge in [0, 0.05) is 78.5 Å². The first-order chi connectivity index (χ1) is 36.9. The summed E-state index contributed by atoms with van der Waals surface area (Å²) in [6, 6.07) is 12.1. The molecule has 1 aromatic carbocycles. The molecule has 2 aliphatic rings. The maximum absolute atomic E-state index is 13.0. The summed E-state index contributed by atoms with van der Waals surface area (Å²) in [5, 5.41) is 21.9. The van der Waals surface area contributed by atoms with Crippen LogP contribution in [0.5, 0.6) is 5.75 Å². The van der Waals surface area contributed by atoms with E-state index in [0.29, 0.717) is 59.5 Å². The van der Waals surface area contributed by atoms with Crippen LogP contribution in [0.4, 0.5) is 5.82 Å². The van der Waals surface area contributed by atoms with Crippen molar-refractivity contribution >= 4 is 39.5 Å². The van der Waals surface area contributed by atoms with Gasteiger partial charge in [0.15, 0.2) is 17.0 Å². The molecule has 1 amide bonds. The first-order valence-electron chi connectivity index (χ1n) is 26.2. The number of nitrogens with zero attached hydrogens (tertiary/aromatic N) is 9. The highest BCUT2D eigenvalue weighted by atomic mass is 31.2. The fourth-order valence-electron chi connectivity index (χ4n) is 9.61. The van der Waals surface area contributed by atoms with Gasteiger partial charge >= 0.3 is 5.69 Å². The number of aromatic amines is 1. The highest BCUT2D eigenvalue weighted by Crippen LogP contribution is 2.58. The van der Waals surface area contributed by atoms with Gasteiger partial charge in [0.2, 0.25) is 0 Å². The largest absolute Gasteiger partial charge is 0.481 e. The lowest BCUT2D eigenvalue weighted by Gasteiger charge is -2.41. The summed E-state index contributed by atoms with van der Waals surface area (Å²) >= 11 is 0. The molecule has 3 aromatic heterocycles. The van der Waals surface area contributed by atoms with Gasteiger partial charge < -0.3 is 28.6 Å². The van der Waals surface area contributed by atoms with Crippen molar-refractivity contribution in [2.75, 3.05) is 25.1 Å². The van der Waals surface area contributed by atoms with Crippen molar-refractivity contribution in [2.24, 2.45) is 11.8 Å². The average molecular weight is 1090 g/mol. The van der Waals surface area contributed by atoms with E-state index in [-0.39, 0.29) is 97.0 Å². The first kappa shape index (κ1) is 61.8. The summed E-state index contributed by atoms with van der Waals surface area (Å²) in [6.07, 6.45) is 23.2. The molecular formula is C56H75N11O8P2. The summed E-state index contributed by atoms with van der Waals surface area (Å²) < 4.78 is 39.5. The van der Waals surface area contributed by atoms with E-state index in [4.69, 9.17) is 42.5 Å². The van der Waals surface area contributed by atoms with Gasteiger partial charge in [-0.1, -0.05) is 19.8 Å². The Morgan fingerprint density at radius 3 is 1.75 bits per heavy atom. The maximum atomic E-state index is 13.0. The Hall–Kier alpha value is -6.00. The lowest BCUT2D eigenvalue weighted by atomic mass is 10.1. The number of nitriles is 2. The summed E-state index contributed by atoms with van der Waals surface area (Å²) in [4.78, 5) is 53.0. The normalized spacial score (nSPS) is 20.7. The van der Waals surface area contributed by atoms with Crippen molar-refractivity contribution in [1.82, 2.24) is 38.4 Å². The number of ether oxygens (including phenoxy) is 3. The number of anilines is 1. The molecule has 412 valence electrons. The van der Waals surface area contributed by atoms with E-state index in [1.54, 1.807) is 43.7 Å². The van der Waals surface area contributed by atoms with E-state index >= 15 is 0 Å². The number of nitrogens with one attached hydrogen (secondary N) is 2. The van der Waals surface area contributed by atoms with E-state index in [2.05, 4.69) is 134 Å². The number of aryl methyl sites for hydroxylation is 1. The number of carbonyl (C=O) groups is 1. The van der Waals surface area contributed by atoms with Gasteiger partial charge in [-0.25, -0.2) is 19.7 Å². The Morgan fingerprint density at radius 2 is 1.30 bits per heavy atom. The molecule has 0 spiro atoms. The van der Waals surface area contributed by atoms with Gasteiger partial charge in [0.1, 0.15) is 47.7 Å². The van der Waals surface area contributed by atoms with E-state index < -0.39 is 28.5 Å². The Kier molecular flexibility index (Phi) is 23.8. The van der Waals surface area contributed by atoms with Crippen LogP contribution in [-0.2, 0) is 18.5 Å². The summed E-state index contributed by atoms with van der Waals surface area (Å²) in [5.74, 6) is 7.34. The Labute approximate surface area is 456 Å². The second kappa shape index (κ2) is 29.7. The van der Waals surface area contributed by atoms with E-state index in [0.717, 1.165) is 12.8 Å². The van der Waals surface area contributed by atoms with Crippen LogP contribution in [0.2, 0.25) is 0 Å². The Morgan fingerprint density at radius 1 is 0.792 bits per heavy atom. The number of imidazole rings is 1. The number of H-pyrrole nitrogens is 1. The van der Waals surface area contributed by atoms with Crippen LogP contribution < -0.4 is 21.3 Å². The molecule has 19 nitrogen and oxygen atoms in total. The van der Waals surface area contributed by atoms with Crippen molar-refractivity contribution in [3.05, 3.63) is 75.1 Å². The first-order valence-corrected chi connectivity index (χ1v) is 28.8. The molecule has 21 heteroatoms. The molecule has 0 aliphatic carbocycles. The molecule has 10 atom stereocenters. The topological polar surface area (TPSA) is 228 Å². The van der Waals surface area contributed by atoms with Crippen molar-refractivity contribution in [3.63, 3.8) is 0 Å². The molecular weight excluding hydrogens is 1020 g/mol. The lowest BCUT2D eigenvalue weighted by Crippen LogP contribution is -2.38. The van der Waals surface area contributed by atoms with Gasteiger partial charge in [0.05, 0.1) is 55.7 Å². The number of hydrogen-bond donors (Lipinski definition) is 2. The molecule has 2 N–H and O–H groups in total. The molecule has 2 saturated heterocycles. The minimum atomic E-state index is -1.15. The maximum Gasteiger partial charge on any atom is 0.330 e. The van der Waals surface area contributed by atoms with Gasteiger partial charge in [-0.05, 0) is 99.4 Å². The van der Waals surface area contributed by atoms with Crippen molar-refractivity contribution in [2.45, 2.75) is 175 Å². The molecule has 5 heterocycles. The standard InChI is InChI=1S/C33H40N7O4P.C23H35N4O4P/c1-8-11-24(18-34)19-43-45(40(22(4)5)23(6)7)28-17-29(44-27(28)10-3)39-21-37-30-31(35-20-36-32(30)39)38-33(41)25-12-14-26(15-13-25)42-16-9-2;1-8-10-18(12-24)14-30-32(27(15(3)4)16(5)6)20-11-21(31-19(20)9-2)26-13-17(7)22(28)25-23(26)29/h1-2,12-15,20-24,27-29H,10-11,16-17,19H2,3-7H3,(H,35,36,38,41);1,13,15-16,18-21H,9-11,14H2,2-7H3,(H,25,28,29)/t24?,27-,28?,29-,45?;18?,19-,20?,21-,32?/m11/s1. The van der Waals surface area contributed by atoms with Crippen LogP contribution in [-0.4, -0.2) is 112 Å². The SMILES string of the molecule is C#CCC(C#N)COP(C1C[C@H](n2cc(C)c(=O)[nH]c2=O)O[C@@H]1CC)N(C(C)C)C(C)C.C#CCOc1ccc(C(=O)Nc2ncnc3c2ncn3[C@H]2CC(P(OCC(C#N)CC#C)N(C(C)C)C(C)C)[C@@H](CC)O2)cc1. The monoisotopic (exact) mass is 1090 g/mol. The minimum absolute atomic E-state index is 0.0362. The fourth-order valence-corrected chi connectivity index (χ4v) is 15.3. The van der Waals surface area contributed by atoms with Crippen molar-refractivity contribution in [3.8, 4) is 54.9 Å². The fraction of sp³-hybridized carbons (Fsp3) is 0.571. The van der Waals surface area contributed by atoms with Crippen LogP contribution in [0, 0.1) is 78.5 Å². The van der Waals surface area contributed by atoms with Crippen molar-refractivity contribution in [1.29, 1.82) is 10.5 Å². The number of aromatic nitrogens is 6. The summed E-state index contributed by atoms with van der Waals surface area (Å²) in [6.45, 7) is 23.7. The highest BCUT2D eigenvalue weighted by molar-refractivity contribution is 7.51. The molecule has 0 bridgehead atoms. The number of hydrogen-bond acceptors (Lipinski definition) is 15. The van der Waals surface area contributed by atoms with E-state index in [1.165, 1.54) is 10.9 Å². The summed E-state index contributed by atoms with van der Waals surface area (Å²) in [5.41, 5.74) is 1.12. The van der Waals surface area contributed by atoms with E-state index in [1.807, 2.05) is 4.57 Å². The molecule has 6 unspecified atom stereocenters. The zero-order valence-corrected chi connectivity index (χ0v) is 48.0. The van der Waals surface area contributed by atoms with Crippen molar-refractivity contribution < 1.29 is 28.1 Å². The Bertz CT molecular complexity index is 2890. The van der Waals surface area contributed by atoms with E-state index in [9.17, 15) is 24.9 Å². The molecule has 2 fully saturated rings. The third kappa shape index (κ3) is 15.8. The molecule has 2 aliphatic heterocycles. The second-order valence-corrected chi connectivity index (χ2v) is 24.0. The van der Waals surface area contributed by atoms with Crippen LogP contribution in [0.1, 0.15) is 136 Å². The number of rotatable bonds is 24. The predicted octanol–water partition coefficient (Wildman–Crippen LogP) is 9.29. The lowest BCUT2D eigenvalue weighted by molar-refractivity contribution is -0.00224. The van der Waals surface area contributed by atoms with Gasteiger partial charge in [-0.3, -0.25) is 33.0 Å². The van der Waals surface area contributed by atoms with Crippen LogP contribution in [0.25, 0.3) is 11.2 Å². The van der Waals surface area contributed by atoms with Gasteiger partial charge in [-0.15, -0.1) is 31.1 Å². The molecule has 77 heavy (non-hydrogen) atoms. The quantitative estimate of drug-likeness (QED) is 0.0492. The number of benzene rings is 1. The predicted molar refractivity (Wildman–Crippen MR) is 300 cm³/mol. The smallest absolute Gasteiger partial charge is 0.330 e. The third-order valence-corrected chi connectivity index (χ3v) is 18.9. The number of terminal acetylenes is 3.